The lowest BCUT2D eigenvalue weighted by Crippen LogP contribution is -2.15. The van der Waals surface area contributed by atoms with Gasteiger partial charge in [0.25, 0.3) is 0 Å². The third-order valence-electron chi connectivity index (χ3n) is 1.64. The van der Waals surface area contributed by atoms with Gasteiger partial charge < -0.3 is 15.7 Å². The fourth-order valence-corrected chi connectivity index (χ4v) is 2.07. The second kappa shape index (κ2) is 5.97. The highest BCUT2D eigenvalue weighted by molar-refractivity contribution is 9.11. The topological polar surface area (TPSA) is 67.8 Å². The molecular formula is C9H10Br2N2O2. The molecule has 1 rings (SSSR count). The molecule has 4 nitrogen and oxygen atoms in total. The molecule has 0 aliphatic rings. The second-order valence-corrected chi connectivity index (χ2v) is 4.53. The lowest BCUT2D eigenvalue weighted by Gasteiger charge is -2.07. The Morgan fingerprint density at radius 1 is 1.47 bits per heavy atom. The highest BCUT2D eigenvalue weighted by Crippen LogP contribution is 2.28. The summed E-state index contributed by atoms with van der Waals surface area (Å²) in [6, 6.07) is 5.60. The molecule has 0 saturated heterocycles. The maximum Gasteiger partial charge on any atom is 0.142 e. The zero-order chi connectivity index (χ0) is 11.3. The number of hydrogen-bond donors (Lipinski definition) is 2. The number of rotatable bonds is 4. The van der Waals surface area contributed by atoms with Crippen LogP contribution in [-0.4, -0.2) is 17.6 Å². The van der Waals surface area contributed by atoms with E-state index >= 15 is 0 Å². The van der Waals surface area contributed by atoms with E-state index in [1.807, 2.05) is 18.2 Å². The first-order chi connectivity index (χ1) is 7.13. The fraction of sp³-hybridized carbons (Fsp3) is 0.222. The summed E-state index contributed by atoms with van der Waals surface area (Å²) in [5, 5.41) is 11.2. The van der Waals surface area contributed by atoms with Crippen molar-refractivity contribution in [2.75, 3.05) is 6.61 Å². The highest BCUT2D eigenvalue weighted by atomic mass is 79.9. The second-order valence-electron chi connectivity index (χ2n) is 2.76. The van der Waals surface area contributed by atoms with Crippen LogP contribution in [0, 0.1) is 0 Å². The van der Waals surface area contributed by atoms with Crippen molar-refractivity contribution in [3.05, 3.63) is 27.1 Å². The van der Waals surface area contributed by atoms with Gasteiger partial charge in [-0.2, -0.15) is 0 Å². The Labute approximate surface area is 104 Å². The van der Waals surface area contributed by atoms with Crippen molar-refractivity contribution in [1.82, 2.24) is 0 Å². The average molecular weight is 338 g/mol. The number of benzene rings is 1. The van der Waals surface area contributed by atoms with E-state index in [4.69, 9.17) is 15.7 Å². The van der Waals surface area contributed by atoms with E-state index in [1.165, 1.54) is 0 Å². The zero-order valence-corrected chi connectivity index (χ0v) is 11.0. The molecule has 82 valence electrons. The Balaban J connectivity index is 2.51. The summed E-state index contributed by atoms with van der Waals surface area (Å²) in [5.74, 6) is 0.882. The first-order valence-corrected chi connectivity index (χ1v) is 5.76. The van der Waals surface area contributed by atoms with Crippen LogP contribution >= 0.6 is 31.9 Å². The first-order valence-electron chi connectivity index (χ1n) is 4.17. The Hall–Kier alpha value is -0.750. The van der Waals surface area contributed by atoms with Gasteiger partial charge in [-0.15, -0.1) is 0 Å². The quantitative estimate of drug-likeness (QED) is 0.384. The van der Waals surface area contributed by atoms with Crippen LogP contribution < -0.4 is 10.5 Å². The lowest BCUT2D eigenvalue weighted by molar-refractivity contribution is 0.305. The SMILES string of the molecule is NC(CCOc1ccc(Br)cc1Br)=NO. The highest BCUT2D eigenvalue weighted by Gasteiger charge is 2.02. The molecular weight excluding hydrogens is 328 g/mol. The first kappa shape index (κ1) is 12.3. The lowest BCUT2D eigenvalue weighted by atomic mass is 10.3. The van der Waals surface area contributed by atoms with Crippen LogP contribution in [-0.2, 0) is 0 Å². The summed E-state index contributed by atoms with van der Waals surface area (Å²) in [6.07, 6.45) is 0.388. The van der Waals surface area contributed by atoms with Gasteiger partial charge >= 0.3 is 0 Å². The Morgan fingerprint density at radius 3 is 2.80 bits per heavy atom. The molecule has 1 aromatic rings. The van der Waals surface area contributed by atoms with Crippen molar-refractivity contribution in [2.24, 2.45) is 10.9 Å². The van der Waals surface area contributed by atoms with Crippen LogP contribution in [0.1, 0.15) is 6.42 Å². The number of oxime groups is 1. The molecule has 0 aromatic heterocycles. The normalized spacial score (nSPS) is 11.5. The van der Waals surface area contributed by atoms with Gasteiger partial charge in [-0.3, -0.25) is 0 Å². The monoisotopic (exact) mass is 336 g/mol. The van der Waals surface area contributed by atoms with Crippen molar-refractivity contribution >= 4 is 37.7 Å². The average Bonchev–Trinajstić information content (AvgIpc) is 2.21. The van der Waals surface area contributed by atoms with Crippen LogP contribution in [0.5, 0.6) is 5.75 Å². The summed E-state index contributed by atoms with van der Waals surface area (Å²) in [4.78, 5) is 0. The van der Waals surface area contributed by atoms with Gasteiger partial charge in [0.1, 0.15) is 11.6 Å². The zero-order valence-electron chi connectivity index (χ0n) is 7.78. The summed E-state index contributed by atoms with van der Waals surface area (Å²) in [7, 11) is 0. The van der Waals surface area contributed by atoms with Gasteiger partial charge in [0.2, 0.25) is 0 Å². The summed E-state index contributed by atoms with van der Waals surface area (Å²) < 4.78 is 7.25. The summed E-state index contributed by atoms with van der Waals surface area (Å²) in [6.45, 7) is 0.371. The minimum atomic E-state index is 0.156. The number of amidine groups is 1. The maximum absolute atomic E-state index is 8.31. The van der Waals surface area contributed by atoms with Gasteiger partial charge in [0, 0.05) is 10.9 Å². The predicted molar refractivity (Wildman–Crippen MR) is 65.4 cm³/mol. The van der Waals surface area contributed by atoms with E-state index in [1.54, 1.807) is 0 Å². The Kier molecular flexibility index (Phi) is 4.90. The van der Waals surface area contributed by atoms with Crippen LogP contribution in [0.4, 0.5) is 0 Å². The minimum absolute atomic E-state index is 0.156. The fourth-order valence-electron chi connectivity index (χ4n) is 0.908. The van der Waals surface area contributed by atoms with Gasteiger partial charge in [-0.1, -0.05) is 21.1 Å². The molecule has 6 heteroatoms. The van der Waals surface area contributed by atoms with Crippen LogP contribution in [0.15, 0.2) is 32.3 Å². The standard InChI is InChI=1S/C9H10Br2N2O2/c10-6-1-2-8(7(11)5-6)15-4-3-9(12)13-14/h1-2,5,14H,3-4H2,(H2,12,13). The van der Waals surface area contributed by atoms with E-state index in [9.17, 15) is 0 Å². The third-order valence-corrected chi connectivity index (χ3v) is 2.75. The summed E-state index contributed by atoms with van der Waals surface area (Å²) in [5.41, 5.74) is 5.30. The van der Waals surface area contributed by atoms with Gasteiger partial charge in [0.05, 0.1) is 11.1 Å². The van der Waals surface area contributed by atoms with E-state index in [2.05, 4.69) is 37.0 Å². The molecule has 0 fully saturated rings. The number of hydrogen-bond acceptors (Lipinski definition) is 3. The van der Waals surface area contributed by atoms with E-state index in [0.29, 0.717) is 13.0 Å². The minimum Gasteiger partial charge on any atom is -0.492 e. The summed E-state index contributed by atoms with van der Waals surface area (Å²) >= 11 is 6.71. The largest absolute Gasteiger partial charge is 0.492 e. The molecule has 0 atom stereocenters. The molecule has 0 saturated carbocycles. The third kappa shape index (κ3) is 4.09. The smallest absolute Gasteiger partial charge is 0.142 e. The Bertz CT molecular complexity index is 369. The van der Waals surface area contributed by atoms with Crippen LogP contribution in [0.2, 0.25) is 0 Å². The van der Waals surface area contributed by atoms with Crippen molar-refractivity contribution in [1.29, 1.82) is 0 Å². The molecule has 3 N–H and O–H groups in total. The van der Waals surface area contributed by atoms with Gasteiger partial charge in [0.15, 0.2) is 0 Å². The predicted octanol–water partition coefficient (Wildman–Crippen LogP) is 2.73. The number of nitrogens with zero attached hydrogens (tertiary/aromatic N) is 1. The van der Waals surface area contributed by atoms with Crippen molar-refractivity contribution in [2.45, 2.75) is 6.42 Å². The number of halogens is 2. The van der Waals surface area contributed by atoms with E-state index < -0.39 is 0 Å². The molecule has 0 aliphatic heterocycles. The van der Waals surface area contributed by atoms with Gasteiger partial charge in [-0.25, -0.2) is 0 Å². The number of nitrogens with two attached hydrogens (primary N) is 1. The van der Waals surface area contributed by atoms with Crippen molar-refractivity contribution < 1.29 is 9.94 Å². The maximum atomic E-state index is 8.31. The van der Waals surface area contributed by atoms with Crippen LogP contribution in [0.25, 0.3) is 0 Å². The van der Waals surface area contributed by atoms with Gasteiger partial charge in [-0.05, 0) is 34.1 Å². The van der Waals surface area contributed by atoms with E-state index in [0.717, 1.165) is 14.7 Å². The molecule has 0 amide bonds. The van der Waals surface area contributed by atoms with Crippen molar-refractivity contribution in [3.63, 3.8) is 0 Å². The van der Waals surface area contributed by atoms with E-state index in [-0.39, 0.29) is 5.84 Å². The number of ether oxygens (including phenoxy) is 1. The molecule has 0 bridgehead atoms. The molecule has 0 heterocycles. The molecule has 0 radical (unpaired) electrons. The molecule has 0 aliphatic carbocycles. The molecule has 15 heavy (non-hydrogen) atoms. The molecule has 0 unspecified atom stereocenters. The Morgan fingerprint density at radius 2 is 2.20 bits per heavy atom. The molecule has 1 aromatic carbocycles. The molecule has 0 spiro atoms. The van der Waals surface area contributed by atoms with Crippen molar-refractivity contribution in [3.8, 4) is 5.75 Å². The van der Waals surface area contributed by atoms with Crippen LogP contribution in [0.3, 0.4) is 0 Å².